The predicted octanol–water partition coefficient (Wildman–Crippen LogP) is 2.60. The molecule has 0 unspecified atom stereocenters. The Morgan fingerprint density at radius 2 is 1.92 bits per heavy atom. The van der Waals surface area contributed by atoms with Gasteiger partial charge in [-0.15, -0.1) is 5.10 Å². The summed E-state index contributed by atoms with van der Waals surface area (Å²) in [5.41, 5.74) is 0.776. The van der Waals surface area contributed by atoms with Gasteiger partial charge in [0.2, 0.25) is 11.1 Å². The van der Waals surface area contributed by atoms with Crippen LogP contribution in [0, 0.1) is 0 Å². The largest absolute Gasteiger partial charge is 0.492 e. The summed E-state index contributed by atoms with van der Waals surface area (Å²) in [5, 5.41) is 15.5. The van der Waals surface area contributed by atoms with Crippen LogP contribution in [-0.2, 0) is 4.79 Å². The van der Waals surface area contributed by atoms with Gasteiger partial charge >= 0.3 is 0 Å². The number of nitrogens with one attached hydrogen (secondary N) is 1. The van der Waals surface area contributed by atoms with Crippen molar-refractivity contribution in [2.24, 2.45) is 0 Å². The summed E-state index contributed by atoms with van der Waals surface area (Å²) in [5.74, 6) is 0.870. The number of tetrazole rings is 1. The minimum atomic E-state index is -0.114. The van der Waals surface area contributed by atoms with E-state index in [0.717, 1.165) is 11.4 Å². The van der Waals surface area contributed by atoms with Gasteiger partial charge in [-0.1, -0.05) is 41.6 Å². The maximum atomic E-state index is 12.0. The van der Waals surface area contributed by atoms with E-state index < -0.39 is 0 Å². The number of carbonyl (C=O) groups is 1. The zero-order chi connectivity index (χ0) is 18.2. The summed E-state index contributed by atoms with van der Waals surface area (Å²) in [7, 11) is 0. The van der Waals surface area contributed by atoms with E-state index in [1.807, 2.05) is 42.5 Å². The maximum absolute atomic E-state index is 12.0. The van der Waals surface area contributed by atoms with Crippen molar-refractivity contribution in [2.75, 3.05) is 18.9 Å². The molecular formula is C17H16ClN5O2S. The number of carbonyl (C=O) groups excluding carboxylic acids is 1. The number of ether oxygens (including phenoxy) is 1. The molecule has 0 atom stereocenters. The molecule has 0 saturated carbocycles. The second-order valence-corrected chi connectivity index (χ2v) is 6.53. The van der Waals surface area contributed by atoms with E-state index >= 15 is 0 Å². The first-order valence-corrected chi connectivity index (χ1v) is 9.20. The molecule has 1 heterocycles. The van der Waals surface area contributed by atoms with Crippen molar-refractivity contribution in [1.82, 2.24) is 25.5 Å². The lowest BCUT2D eigenvalue weighted by Gasteiger charge is -2.07. The van der Waals surface area contributed by atoms with Gasteiger partial charge in [-0.05, 0) is 46.8 Å². The summed E-state index contributed by atoms with van der Waals surface area (Å²) in [6.45, 7) is 0.833. The number of nitrogens with zero attached hydrogens (tertiary/aromatic N) is 4. The Bertz CT molecular complexity index is 842. The molecule has 7 nitrogen and oxygen atoms in total. The molecule has 26 heavy (non-hydrogen) atoms. The summed E-state index contributed by atoms with van der Waals surface area (Å²) in [4.78, 5) is 12.0. The first-order valence-electron chi connectivity index (χ1n) is 7.84. The third kappa shape index (κ3) is 5.21. The van der Waals surface area contributed by atoms with Crippen LogP contribution in [0.4, 0.5) is 0 Å². The summed E-state index contributed by atoms with van der Waals surface area (Å²) in [6.07, 6.45) is 0. The molecule has 0 saturated heterocycles. The number of rotatable bonds is 8. The molecule has 0 bridgehead atoms. The van der Waals surface area contributed by atoms with Crippen molar-refractivity contribution in [2.45, 2.75) is 5.16 Å². The van der Waals surface area contributed by atoms with Crippen LogP contribution in [0.1, 0.15) is 0 Å². The molecule has 2 aromatic carbocycles. The minimum Gasteiger partial charge on any atom is -0.492 e. The average Bonchev–Trinajstić information content (AvgIpc) is 3.14. The van der Waals surface area contributed by atoms with Crippen molar-refractivity contribution in [3.63, 3.8) is 0 Å². The van der Waals surface area contributed by atoms with Crippen LogP contribution in [0.15, 0.2) is 59.8 Å². The average molecular weight is 390 g/mol. The first-order chi connectivity index (χ1) is 12.7. The Hall–Kier alpha value is -2.58. The van der Waals surface area contributed by atoms with Gasteiger partial charge in [0.15, 0.2) is 0 Å². The topological polar surface area (TPSA) is 81.9 Å². The number of halogens is 1. The van der Waals surface area contributed by atoms with Gasteiger partial charge in [0.05, 0.1) is 18.0 Å². The van der Waals surface area contributed by atoms with Crippen molar-refractivity contribution in [3.05, 3.63) is 59.6 Å². The van der Waals surface area contributed by atoms with Gasteiger partial charge in [-0.25, -0.2) is 0 Å². The molecule has 0 aliphatic carbocycles. The Labute approximate surface area is 159 Å². The van der Waals surface area contributed by atoms with E-state index in [-0.39, 0.29) is 11.7 Å². The molecule has 0 spiro atoms. The van der Waals surface area contributed by atoms with E-state index in [1.54, 1.807) is 16.8 Å². The van der Waals surface area contributed by atoms with E-state index in [9.17, 15) is 4.79 Å². The molecule has 1 aromatic heterocycles. The fourth-order valence-corrected chi connectivity index (χ4v) is 2.92. The highest BCUT2D eigenvalue weighted by Gasteiger charge is 2.11. The summed E-state index contributed by atoms with van der Waals surface area (Å²) >= 11 is 7.14. The molecule has 9 heteroatoms. The second kappa shape index (κ2) is 9.21. The van der Waals surface area contributed by atoms with E-state index in [0.29, 0.717) is 23.3 Å². The predicted molar refractivity (Wildman–Crippen MR) is 99.8 cm³/mol. The van der Waals surface area contributed by atoms with Gasteiger partial charge in [0, 0.05) is 5.02 Å². The van der Waals surface area contributed by atoms with Crippen LogP contribution in [0.25, 0.3) is 5.69 Å². The van der Waals surface area contributed by atoms with Gasteiger partial charge < -0.3 is 10.1 Å². The number of hydrogen-bond donors (Lipinski definition) is 1. The molecule has 1 N–H and O–H groups in total. The highest BCUT2D eigenvalue weighted by atomic mass is 35.5. The summed E-state index contributed by atoms with van der Waals surface area (Å²) in [6, 6.07) is 16.6. The van der Waals surface area contributed by atoms with Crippen molar-refractivity contribution < 1.29 is 9.53 Å². The standard InChI is InChI=1S/C17H16ClN5O2S/c18-13-6-8-14(9-7-13)23-17(20-21-22-23)26-12-16(24)19-10-11-25-15-4-2-1-3-5-15/h1-9H,10-12H2,(H,19,24). The molecule has 0 fully saturated rings. The molecular weight excluding hydrogens is 374 g/mol. The van der Waals surface area contributed by atoms with Gasteiger partial charge in [-0.2, -0.15) is 4.68 Å². The second-order valence-electron chi connectivity index (χ2n) is 5.15. The van der Waals surface area contributed by atoms with Gasteiger partial charge in [0.25, 0.3) is 0 Å². The Morgan fingerprint density at radius 3 is 2.69 bits per heavy atom. The first kappa shape index (κ1) is 18.2. The zero-order valence-electron chi connectivity index (χ0n) is 13.7. The third-order valence-electron chi connectivity index (χ3n) is 3.28. The molecule has 0 aliphatic rings. The van der Waals surface area contributed by atoms with Crippen LogP contribution >= 0.6 is 23.4 Å². The number of amides is 1. The molecule has 1 amide bonds. The Kier molecular flexibility index (Phi) is 6.45. The zero-order valence-corrected chi connectivity index (χ0v) is 15.3. The molecule has 0 radical (unpaired) electrons. The monoisotopic (exact) mass is 389 g/mol. The van der Waals surface area contributed by atoms with E-state index in [2.05, 4.69) is 20.8 Å². The van der Waals surface area contributed by atoms with Crippen LogP contribution in [0.5, 0.6) is 5.75 Å². The molecule has 0 aliphatic heterocycles. The quantitative estimate of drug-likeness (QED) is 0.471. The molecule has 3 aromatic rings. The maximum Gasteiger partial charge on any atom is 0.230 e. The number of thioether (sulfide) groups is 1. The van der Waals surface area contributed by atoms with Crippen LogP contribution in [-0.4, -0.2) is 45.0 Å². The van der Waals surface area contributed by atoms with Crippen molar-refractivity contribution >= 4 is 29.3 Å². The molecule has 3 rings (SSSR count). The highest BCUT2D eigenvalue weighted by Crippen LogP contribution is 2.19. The van der Waals surface area contributed by atoms with Crippen molar-refractivity contribution in [1.29, 1.82) is 0 Å². The fraction of sp³-hybridized carbons (Fsp3) is 0.176. The van der Waals surface area contributed by atoms with Crippen LogP contribution < -0.4 is 10.1 Å². The SMILES string of the molecule is O=C(CSc1nnnn1-c1ccc(Cl)cc1)NCCOc1ccccc1. The number of aromatic nitrogens is 4. The van der Waals surface area contributed by atoms with Gasteiger partial charge in [0.1, 0.15) is 12.4 Å². The lowest BCUT2D eigenvalue weighted by Crippen LogP contribution is -2.29. The lowest BCUT2D eigenvalue weighted by molar-refractivity contribution is -0.118. The highest BCUT2D eigenvalue weighted by molar-refractivity contribution is 7.99. The Balaban J connectivity index is 1.43. The number of benzene rings is 2. The third-order valence-corrected chi connectivity index (χ3v) is 4.45. The minimum absolute atomic E-state index is 0.114. The normalized spacial score (nSPS) is 10.5. The smallest absolute Gasteiger partial charge is 0.230 e. The Morgan fingerprint density at radius 1 is 1.15 bits per heavy atom. The van der Waals surface area contributed by atoms with E-state index in [4.69, 9.17) is 16.3 Å². The van der Waals surface area contributed by atoms with E-state index in [1.165, 1.54) is 11.8 Å². The van der Waals surface area contributed by atoms with Crippen LogP contribution in [0.3, 0.4) is 0 Å². The fourth-order valence-electron chi connectivity index (χ4n) is 2.07. The number of hydrogen-bond acceptors (Lipinski definition) is 6. The lowest BCUT2D eigenvalue weighted by atomic mass is 10.3. The van der Waals surface area contributed by atoms with Crippen LogP contribution in [0.2, 0.25) is 5.02 Å². The molecule has 134 valence electrons. The van der Waals surface area contributed by atoms with Crippen molar-refractivity contribution in [3.8, 4) is 11.4 Å². The number of para-hydroxylation sites is 1. The summed E-state index contributed by atoms with van der Waals surface area (Å²) < 4.78 is 7.09. The van der Waals surface area contributed by atoms with Gasteiger partial charge in [-0.3, -0.25) is 4.79 Å².